The number of fused-ring (bicyclic) bond motifs is 2. The Labute approximate surface area is 152 Å². The van der Waals surface area contributed by atoms with E-state index in [0.717, 1.165) is 22.0 Å². The second kappa shape index (κ2) is 6.23. The summed E-state index contributed by atoms with van der Waals surface area (Å²) in [7, 11) is 0. The molecule has 1 N–H and O–H groups in total. The minimum absolute atomic E-state index is 0.0209. The first-order valence-corrected chi connectivity index (χ1v) is 8.49. The van der Waals surface area contributed by atoms with E-state index < -0.39 is 23.4 Å². The minimum Gasteiger partial charge on any atom is -0.408 e. The summed E-state index contributed by atoms with van der Waals surface area (Å²) in [6.07, 6.45) is -4.54. The van der Waals surface area contributed by atoms with Gasteiger partial charge in [-0.15, -0.1) is 0 Å². The van der Waals surface area contributed by atoms with Crippen LogP contribution in [-0.2, 0) is 17.5 Å². The predicted octanol–water partition coefficient (Wildman–Crippen LogP) is 3.86. The zero-order valence-electron chi connectivity index (χ0n) is 13.4. The number of hydrogen-bond donors (Lipinski definition) is 1. The molecule has 2 heterocycles. The SMILES string of the molecule is O=C(Cn1c(=O)oc2ccccc21)Nc1nc2c(C(F)(F)F)cccc2s1. The number of carbonyl (C=O) groups excluding carboxylic acids is 1. The van der Waals surface area contributed by atoms with Gasteiger partial charge in [-0.2, -0.15) is 13.2 Å². The lowest BCUT2D eigenvalue weighted by Crippen LogP contribution is -2.24. The van der Waals surface area contributed by atoms with Crippen molar-refractivity contribution in [1.82, 2.24) is 9.55 Å². The van der Waals surface area contributed by atoms with Gasteiger partial charge in [0.25, 0.3) is 0 Å². The first-order chi connectivity index (χ1) is 12.8. The van der Waals surface area contributed by atoms with E-state index in [-0.39, 0.29) is 17.2 Å². The molecule has 6 nitrogen and oxygen atoms in total. The van der Waals surface area contributed by atoms with Gasteiger partial charge in [-0.05, 0) is 24.3 Å². The van der Waals surface area contributed by atoms with E-state index in [2.05, 4.69) is 10.3 Å². The molecule has 0 saturated carbocycles. The number of carbonyl (C=O) groups is 1. The molecule has 0 aliphatic heterocycles. The highest BCUT2D eigenvalue weighted by atomic mass is 32.1. The molecule has 2 aromatic carbocycles. The number of aromatic nitrogens is 2. The highest BCUT2D eigenvalue weighted by Gasteiger charge is 2.33. The zero-order chi connectivity index (χ0) is 19.2. The first kappa shape index (κ1) is 17.3. The fraction of sp³-hybridized carbons (Fsp3) is 0.118. The highest BCUT2D eigenvalue weighted by Crippen LogP contribution is 2.37. The highest BCUT2D eigenvalue weighted by molar-refractivity contribution is 7.22. The number of para-hydroxylation sites is 3. The van der Waals surface area contributed by atoms with Crippen molar-refractivity contribution in [3.05, 3.63) is 58.6 Å². The van der Waals surface area contributed by atoms with Gasteiger partial charge in [0.1, 0.15) is 6.54 Å². The molecule has 27 heavy (non-hydrogen) atoms. The number of rotatable bonds is 3. The fourth-order valence-corrected chi connectivity index (χ4v) is 3.61. The number of amides is 1. The Bertz CT molecular complexity index is 1220. The summed E-state index contributed by atoms with van der Waals surface area (Å²) >= 11 is 0.922. The third-order valence-electron chi connectivity index (χ3n) is 3.85. The van der Waals surface area contributed by atoms with Crippen LogP contribution in [0, 0.1) is 0 Å². The summed E-state index contributed by atoms with van der Waals surface area (Å²) in [4.78, 5) is 28.1. The molecule has 0 radical (unpaired) electrons. The van der Waals surface area contributed by atoms with E-state index in [0.29, 0.717) is 15.8 Å². The van der Waals surface area contributed by atoms with Gasteiger partial charge >= 0.3 is 11.9 Å². The van der Waals surface area contributed by atoms with E-state index in [1.165, 1.54) is 12.1 Å². The van der Waals surface area contributed by atoms with Crippen LogP contribution in [0.2, 0.25) is 0 Å². The number of benzene rings is 2. The molecule has 0 spiro atoms. The van der Waals surface area contributed by atoms with Gasteiger partial charge < -0.3 is 9.73 Å². The average Bonchev–Trinajstić information content (AvgIpc) is 3.14. The molecular formula is C17H10F3N3O3S. The van der Waals surface area contributed by atoms with E-state index in [1.807, 2.05) is 0 Å². The van der Waals surface area contributed by atoms with E-state index in [4.69, 9.17) is 4.42 Å². The van der Waals surface area contributed by atoms with Crippen LogP contribution >= 0.6 is 11.3 Å². The van der Waals surface area contributed by atoms with Crippen LogP contribution in [0.3, 0.4) is 0 Å². The van der Waals surface area contributed by atoms with E-state index >= 15 is 0 Å². The standard InChI is InChI=1S/C17H10F3N3O3S/c18-17(19,20)9-4-3-7-12-14(9)22-15(27-12)21-13(24)8-23-10-5-1-2-6-11(10)26-16(23)25/h1-7H,8H2,(H,21,22,24). The number of nitrogens with zero attached hydrogens (tertiary/aromatic N) is 2. The van der Waals surface area contributed by atoms with Gasteiger partial charge in [-0.25, -0.2) is 9.78 Å². The van der Waals surface area contributed by atoms with Crippen LogP contribution in [0.25, 0.3) is 21.3 Å². The lowest BCUT2D eigenvalue weighted by Gasteiger charge is -2.06. The van der Waals surface area contributed by atoms with Gasteiger partial charge in [0.05, 0.1) is 21.3 Å². The van der Waals surface area contributed by atoms with Crippen molar-refractivity contribution < 1.29 is 22.4 Å². The molecule has 1 amide bonds. The Morgan fingerprint density at radius 1 is 1.19 bits per heavy atom. The molecular weight excluding hydrogens is 383 g/mol. The zero-order valence-corrected chi connectivity index (χ0v) is 14.2. The van der Waals surface area contributed by atoms with Crippen LogP contribution in [0.4, 0.5) is 18.3 Å². The van der Waals surface area contributed by atoms with E-state index in [1.54, 1.807) is 24.3 Å². The van der Waals surface area contributed by atoms with Crippen LogP contribution in [0.1, 0.15) is 5.56 Å². The Morgan fingerprint density at radius 3 is 2.74 bits per heavy atom. The molecule has 10 heteroatoms. The van der Waals surface area contributed by atoms with Gasteiger partial charge in [-0.1, -0.05) is 29.5 Å². The maximum absolute atomic E-state index is 13.1. The molecule has 4 rings (SSSR count). The fourth-order valence-electron chi connectivity index (χ4n) is 2.70. The molecule has 0 atom stereocenters. The average molecular weight is 393 g/mol. The lowest BCUT2D eigenvalue weighted by atomic mass is 10.2. The molecule has 138 valence electrons. The summed E-state index contributed by atoms with van der Waals surface area (Å²) < 4.78 is 45.7. The minimum atomic E-state index is -4.54. The molecule has 2 aromatic heterocycles. The Balaban J connectivity index is 1.61. The van der Waals surface area contributed by atoms with Crippen LogP contribution in [0.5, 0.6) is 0 Å². The van der Waals surface area contributed by atoms with Gasteiger partial charge in [0.15, 0.2) is 10.7 Å². The quantitative estimate of drug-likeness (QED) is 0.573. The molecule has 0 unspecified atom stereocenters. The van der Waals surface area contributed by atoms with Gasteiger partial charge in [0.2, 0.25) is 5.91 Å². The van der Waals surface area contributed by atoms with Crippen molar-refractivity contribution >= 4 is 43.7 Å². The van der Waals surface area contributed by atoms with Crippen LogP contribution < -0.4 is 11.1 Å². The molecule has 0 aliphatic rings. The van der Waals surface area contributed by atoms with Crippen molar-refractivity contribution in [2.45, 2.75) is 12.7 Å². The second-order valence-corrected chi connectivity index (χ2v) is 6.67. The van der Waals surface area contributed by atoms with Gasteiger partial charge in [0, 0.05) is 0 Å². The summed E-state index contributed by atoms with van der Waals surface area (Å²) in [5.74, 6) is -1.30. The number of oxazole rings is 1. The van der Waals surface area contributed by atoms with E-state index in [9.17, 15) is 22.8 Å². The number of alkyl halides is 3. The monoisotopic (exact) mass is 393 g/mol. The Kier molecular flexibility index (Phi) is 3.99. The first-order valence-electron chi connectivity index (χ1n) is 7.68. The largest absolute Gasteiger partial charge is 0.420 e. The number of nitrogens with one attached hydrogen (secondary N) is 1. The molecule has 0 aliphatic carbocycles. The number of hydrogen-bond acceptors (Lipinski definition) is 5. The maximum atomic E-state index is 13.1. The Morgan fingerprint density at radius 2 is 1.96 bits per heavy atom. The van der Waals surface area contributed by atoms with Crippen molar-refractivity contribution in [3.63, 3.8) is 0 Å². The number of anilines is 1. The van der Waals surface area contributed by atoms with Gasteiger partial charge in [-0.3, -0.25) is 9.36 Å². The third-order valence-corrected chi connectivity index (χ3v) is 4.78. The molecule has 0 saturated heterocycles. The summed E-state index contributed by atoms with van der Waals surface area (Å²) in [6.45, 7) is -0.349. The third kappa shape index (κ3) is 3.19. The molecule has 4 aromatic rings. The normalized spacial score (nSPS) is 12.0. The van der Waals surface area contributed by atoms with Crippen LogP contribution in [0.15, 0.2) is 51.7 Å². The smallest absolute Gasteiger partial charge is 0.408 e. The van der Waals surface area contributed by atoms with Crippen LogP contribution in [-0.4, -0.2) is 15.5 Å². The van der Waals surface area contributed by atoms with Crippen molar-refractivity contribution in [1.29, 1.82) is 0 Å². The van der Waals surface area contributed by atoms with Crippen molar-refractivity contribution in [2.24, 2.45) is 0 Å². The van der Waals surface area contributed by atoms with Crippen molar-refractivity contribution in [3.8, 4) is 0 Å². The number of halogens is 3. The summed E-state index contributed by atoms with van der Waals surface area (Å²) in [5.41, 5.74) is -0.309. The lowest BCUT2D eigenvalue weighted by molar-refractivity contribution is -0.136. The van der Waals surface area contributed by atoms with Crippen molar-refractivity contribution in [2.75, 3.05) is 5.32 Å². The predicted molar refractivity (Wildman–Crippen MR) is 93.7 cm³/mol. The summed E-state index contributed by atoms with van der Waals surface area (Å²) in [5, 5.41) is 2.46. The molecule has 0 fully saturated rings. The topological polar surface area (TPSA) is 77.1 Å². The Hall–Kier alpha value is -3.14. The second-order valence-electron chi connectivity index (χ2n) is 5.64. The number of thiazole rings is 1. The molecule has 0 bridgehead atoms. The summed E-state index contributed by atoms with van der Waals surface area (Å²) in [6, 6.07) is 10.3. The maximum Gasteiger partial charge on any atom is 0.420 e.